The Kier molecular flexibility index (Phi) is 2.75. The SMILES string of the molecule is Cc1ccc2c(c1)C(=O)C(=O)N2Cc1ccc(C=O)o1. The molecular formula is C15H11NO4. The van der Waals surface area contributed by atoms with Crippen molar-refractivity contribution in [3.05, 3.63) is 53.0 Å². The Labute approximate surface area is 114 Å². The lowest BCUT2D eigenvalue weighted by molar-refractivity contribution is -0.114. The first-order chi connectivity index (χ1) is 9.60. The summed E-state index contributed by atoms with van der Waals surface area (Å²) in [5, 5.41) is 0. The van der Waals surface area contributed by atoms with Gasteiger partial charge in [-0.3, -0.25) is 19.3 Å². The maximum absolute atomic E-state index is 12.0. The van der Waals surface area contributed by atoms with Crippen LogP contribution in [0.4, 0.5) is 5.69 Å². The van der Waals surface area contributed by atoms with E-state index in [9.17, 15) is 14.4 Å². The summed E-state index contributed by atoms with van der Waals surface area (Å²) in [7, 11) is 0. The number of nitrogens with zero attached hydrogens (tertiary/aromatic N) is 1. The predicted octanol–water partition coefficient (Wildman–Crippen LogP) is 2.13. The van der Waals surface area contributed by atoms with Crippen LogP contribution >= 0.6 is 0 Å². The van der Waals surface area contributed by atoms with E-state index in [0.717, 1.165) is 5.56 Å². The van der Waals surface area contributed by atoms with Gasteiger partial charge in [-0.2, -0.15) is 0 Å². The van der Waals surface area contributed by atoms with Crippen molar-refractivity contribution in [2.75, 3.05) is 4.90 Å². The second-order valence-corrected chi connectivity index (χ2v) is 4.66. The highest BCUT2D eigenvalue weighted by atomic mass is 16.3. The van der Waals surface area contributed by atoms with Gasteiger partial charge in [0, 0.05) is 0 Å². The number of amides is 1. The van der Waals surface area contributed by atoms with E-state index in [1.54, 1.807) is 18.2 Å². The monoisotopic (exact) mass is 269 g/mol. The van der Waals surface area contributed by atoms with Gasteiger partial charge in [0.2, 0.25) is 0 Å². The number of ketones is 1. The van der Waals surface area contributed by atoms with Gasteiger partial charge >= 0.3 is 0 Å². The average Bonchev–Trinajstić information content (AvgIpc) is 2.99. The van der Waals surface area contributed by atoms with Crippen LogP contribution in [0.2, 0.25) is 0 Å². The number of Topliss-reactive ketones (excluding diaryl/α,β-unsaturated/α-hetero) is 1. The maximum atomic E-state index is 12.0. The molecule has 1 aliphatic heterocycles. The van der Waals surface area contributed by atoms with Crippen LogP contribution in [0.1, 0.15) is 32.2 Å². The van der Waals surface area contributed by atoms with Crippen LogP contribution in [0.3, 0.4) is 0 Å². The zero-order chi connectivity index (χ0) is 14.3. The van der Waals surface area contributed by atoms with Crippen LogP contribution in [0.5, 0.6) is 0 Å². The summed E-state index contributed by atoms with van der Waals surface area (Å²) < 4.78 is 5.24. The first kappa shape index (κ1) is 12.3. The summed E-state index contributed by atoms with van der Waals surface area (Å²) in [4.78, 5) is 35.9. The molecule has 2 heterocycles. The van der Waals surface area contributed by atoms with Gasteiger partial charge in [-0.1, -0.05) is 11.6 Å². The number of fused-ring (bicyclic) bond motifs is 1. The Hall–Kier alpha value is -2.69. The molecule has 1 aliphatic rings. The minimum Gasteiger partial charge on any atom is -0.456 e. The van der Waals surface area contributed by atoms with E-state index in [0.29, 0.717) is 23.3 Å². The van der Waals surface area contributed by atoms with E-state index < -0.39 is 11.7 Å². The second-order valence-electron chi connectivity index (χ2n) is 4.66. The highest BCUT2D eigenvalue weighted by Crippen LogP contribution is 2.31. The Morgan fingerprint density at radius 1 is 1.20 bits per heavy atom. The summed E-state index contributed by atoms with van der Waals surface area (Å²) in [5.74, 6) is -0.427. The number of benzene rings is 1. The molecule has 1 aromatic heterocycles. The summed E-state index contributed by atoms with van der Waals surface area (Å²) in [6, 6.07) is 8.44. The molecule has 20 heavy (non-hydrogen) atoms. The molecule has 0 saturated carbocycles. The fourth-order valence-corrected chi connectivity index (χ4v) is 2.27. The molecular weight excluding hydrogens is 258 g/mol. The predicted molar refractivity (Wildman–Crippen MR) is 70.8 cm³/mol. The van der Waals surface area contributed by atoms with Crippen LogP contribution in [-0.2, 0) is 11.3 Å². The Bertz CT molecular complexity index is 729. The summed E-state index contributed by atoms with van der Waals surface area (Å²) in [6.07, 6.45) is 0.595. The number of anilines is 1. The molecule has 0 unspecified atom stereocenters. The largest absolute Gasteiger partial charge is 0.456 e. The molecule has 5 nitrogen and oxygen atoms in total. The van der Waals surface area contributed by atoms with Crippen molar-refractivity contribution in [1.29, 1.82) is 0 Å². The summed E-state index contributed by atoms with van der Waals surface area (Å²) >= 11 is 0. The number of furan rings is 1. The van der Waals surface area contributed by atoms with Gasteiger partial charge in [-0.15, -0.1) is 0 Å². The highest BCUT2D eigenvalue weighted by molar-refractivity contribution is 6.52. The minimum atomic E-state index is -0.574. The van der Waals surface area contributed by atoms with Crippen LogP contribution in [-0.4, -0.2) is 18.0 Å². The van der Waals surface area contributed by atoms with Crippen LogP contribution in [0.25, 0.3) is 0 Å². The number of aldehydes is 1. The first-order valence-electron chi connectivity index (χ1n) is 6.11. The van der Waals surface area contributed by atoms with Crippen molar-refractivity contribution in [2.24, 2.45) is 0 Å². The van der Waals surface area contributed by atoms with Gasteiger partial charge in [0.1, 0.15) is 5.76 Å². The highest BCUT2D eigenvalue weighted by Gasteiger charge is 2.36. The fourth-order valence-electron chi connectivity index (χ4n) is 2.27. The van der Waals surface area contributed by atoms with Crippen LogP contribution < -0.4 is 4.90 Å². The molecule has 3 rings (SSSR count). The molecule has 0 saturated heterocycles. The molecule has 0 atom stereocenters. The molecule has 0 bridgehead atoms. The number of aryl methyl sites for hydroxylation is 1. The molecule has 1 amide bonds. The quantitative estimate of drug-likeness (QED) is 0.632. The molecule has 0 spiro atoms. The third-order valence-electron chi connectivity index (χ3n) is 3.24. The van der Waals surface area contributed by atoms with E-state index in [-0.39, 0.29) is 12.3 Å². The van der Waals surface area contributed by atoms with Gasteiger partial charge in [-0.25, -0.2) is 0 Å². The topological polar surface area (TPSA) is 67.6 Å². The number of rotatable bonds is 3. The van der Waals surface area contributed by atoms with Gasteiger partial charge < -0.3 is 4.42 Å². The van der Waals surface area contributed by atoms with Gasteiger partial charge in [0.15, 0.2) is 12.0 Å². The van der Waals surface area contributed by atoms with Crippen molar-refractivity contribution >= 4 is 23.7 Å². The maximum Gasteiger partial charge on any atom is 0.299 e. The van der Waals surface area contributed by atoms with Crippen LogP contribution in [0, 0.1) is 6.92 Å². The van der Waals surface area contributed by atoms with Crippen LogP contribution in [0.15, 0.2) is 34.7 Å². The van der Waals surface area contributed by atoms with Crippen molar-refractivity contribution in [1.82, 2.24) is 0 Å². The molecule has 0 N–H and O–H groups in total. The number of hydrogen-bond donors (Lipinski definition) is 0. The summed E-state index contributed by atoms with van der Waals surface area (Å²) in [6.45, 7) is 2.00. The third kappa shape index (κ3) is 1.84. The molecule has 100 valence electrons. The Morgan fingerprint density at radius 2 is 2.00 bits per heavy atom. The fraction of sp³-hybridized carbons (Fsp3) is 0.133. The third-order valence-corrected chi connectivity index (χ3v) is 3.24. The zero-order valence-electron chi connectivity index (χ0n) is 10.8. The number of hydrogen-bond acceptors (Lipinski definition) is 4. The Balaban J connectivity index is 1.96. The molecule has 0 fully saturated rings. The lowest BCUT2D eigenvalue weighted by Gasteiger charge is -2.14. The molecule has 0 aliphatic carbocycles. The van der Waals surface area contributed by atoms with Gasteiger partial charge in [-0.05, 0) is 31.2 Å². The lowest BCUT2D eigenvalue weighted by atomic mass is 10.1. The Morgan fingerprint density at radius 3 is 2.70 bits per heavy atom. The second kappa shape index (κ2) is 4.45. The summed E-state index contributed by atoms with van der Waals surface area (Å²) in [5.41, 5.74) is 1.92. The van der Waals surface area contributed by atoms with Gasteiger partial charge in [0.05, 0.1) is 17.8 Å². The van der Waals surface area contributed by atoms with Crippen molar-refractivity contribution in [3.63, 3.8) is 0 Å². The minimum absolute atomic E-state index is 0.133. The normalized spacial score (nSPS) is 13.8. The molecule has 1 aromatic carbocycles. The molecule has 2 aromatic rings. The standard InChI is InChI=1S/C15H11NO4/c1-9-2-5-13-12(6-9)14(18)15(19)16(13)7-10-3-4-11(8-17)20-10/h2-6,8H,7H2,1H3. The zero-order valence-corrected chi connectivity index (χ0v) is 10.8. The molecule has 0 radical (unpaired) electrons. The van der Waals surface area contributed by atoms with Crippen molar-refractivity contribution in [3.8, 4) is 0 Å². The molecule has 5 heteroatoms. The number of carbonyl (C=O) groups excluding carboxylic acids is 3. The van der Waals surface area contributed by atoms with Crippen molar-refractivity contribution in [2.45, 2.75) is 13.5 Å². The number of carbonyl (C=O) groups is 3. The average molecular weight is 269 g/mol. The van der Waals surface area contributed by atoms with E-state index in [2.05, 4.69) is 0 Å². The van der Waals surface area contributed by atoms with E-state index in [4.69, 9.17) is 4.42 Å². The lowest BCUT2D eigenvalue weighted by Crippen LogP contribution is -2.28. The van der Waals surface area contributed by atoms with Gasteiger partial charge in [0.25, 0.3) is 11.7 Å². The van der Waals surface area contributed by atoms with E-state index in [1.807, 2.05) is 13.0 Å². The smallest absolute Gasteiger partial charge is 0.299 e. The van der Waals surface area contributed by atoms with Crippen molar-refractivity contribution < 1.29 is 18.8 Å². The first-order valence-corrected chi connectivity index (χ1v) is 6.11. The van der Waals surface area contributed by atoms with E-state index >= 15 is 0 Å². The van der Waals surface area contributed by atoms with E-state index in [1.165, 1.54) is 11.0 Å².